The van der Waals surface area contributed by atoms with Crippen molar-refractivity contribution in [1.29, 1.82) is 0 Å². The number of nitro benzene ring substituents is 1. The third kappa shape index (κ3) is 4.34. The maximum absolute atomic E-state index is 12.7. The smallest absolute Gasteiger partial charge is 0.406 e. The van der Waals surface area contributed by atoms with E-state index in [1.165, 1.54) is 37.5 Å². The Morgan fingerprint density at radius 2 is 2.04 bits per heavy atom. The Kier molecular flexibility index (Phi) is 4.91. The Hall–Kier alpha value is -2.84. The third-order valence-corrected chi connectivity index (χ3v) is 3.24. The maximum atomic E-state index is 12.7. The number of hydrogen-bond donors (Lipinski definition) is 0. The molecule has 2 rings (SSSR count). The van der Waals surface area contributed by atoms with E-state index >= 15 is 0 Å². The summed E-state index contributed by atoms with van der Waals surface area (Å²) < 4.78 is 43.2. The minimum Gasteiger partial charge on any atom is -0.467 e. The summed E-state index contributed by atoms with van der Waals surface area (Å²) in [6, 6.07) is 6.49. The molecule has 0 N–H and O–H groups in total. The van der Waals surface area contributed by atoms with Gasteiger partial charge in [0, 0.05) is 17.2 Å². The van der Waals surface area contributed by atoms with E-state index in [9.17, 15) is 28.1 Å². The topological polar surface area (TPSA) is 76.6 Å². The summed E-state index contributed by atoms with van der Waals surface area (Å²) >= 11 is 0. The molecule has 0 fully saturated rings. The number of alkyl halides is 3. The lowest BCUT2D eigenvalue weighted by Crippen LogP contribution is -2.38. The zero-order valence-electron chi connectivity index (χ0n) is 12.5. The second-order valence-corrected chi connectivity index (χ2v) is 5.11. The summed E-state index contributed by atoms with van der Waals surface area (Å²) in [5, 5.41) is 10.9. The van der Waals surface area contributed by atoms with Crippen LogP contribution in [0.4, 0.5) is 18.9 Å². The minimum absolute atomic E-state index is 0.175. The molecule has 0 atom stereocenters. The molecular weight excluding hydrogens is 329 g/mol. The van der Waals surface area contributed by atoms with E-state index in [2.05, 4.69) is 0 Å². The molecule has 24 heavy (non-hydrogen) atoms. The maximum Gasteiger partial charge on any atom is 0.406 e. The normalized spacial score (nSPS) is 11.3. The Morgan fingerprint density at radius 1 is 1.33 bits per heavy atom. The fraction of sp³-hybridized carbons (Fsp3) is 0.267. The first kappa shape index (κ1) is 17.5. The predicted molar refractivity (Wildman–Crippen MR) is 77.3 cm³/mol. The van der Waals surface area contributed by atoms with E-state index in [0.29, 0.717) is 10.5 Å². The summed E-state index contributed by atoms with van der Waals surface area (Å²) in [4.78, 5) is 23.2. The number of carbonyl (C=O) groups is 1. The van der Waals surface area contributed by atoms with Gasteiger partial charge in [0.25, 0.3) is 11.6 Å². The highest BCUT2D eigenvalue weighted by atomic mass is 19.4. The second kappa shape index (κ2) is 6.73. The molecule has 1 aromatic carbocycles. The van der Waals surface area contributed by atoms with Gasteiger partial charge >= 0.3 is 6.18 Å². The van der Waals surface area contributed by atoms with Gasteiger partial charge in [-0.2, -0.15) is 13.2 Å². The zero-order chi connectivity index (χ0) is 17.9. The van der Waals surface area contributed by atoms with E-state index in [1.807, 2.05) is 0 Å². The highest BCUT2D eigenvalue weighted by Gasteiger charge is 2.34. The van der Waals surface area contributed by atoms with Crippen LogP contribution in [0.3, 0.4) is 0 Å². The number of halogens is 3. The van der Waals surface area contributed by atoms with Crippen molar-refractivity contribution >= 4 is 11.6 Å². The van der Waals surface area contributed by atoms with E-state index in [0.717, 1.165) is 6.07 Å². The number of aryl methyl sites for hydroxylation is 1. The van der Waals surface area contributed by atoms with Gasteiger partial charge in [-0.1, -0.05) is 6.07 Å². The average Bonchev–Trinajstić information content (AvgIpc) is 2.97. The van der Waals surface area contributed by atoms with Gasteiger partial charge in [0.15, 0.2) is 0 Å². The van der Waals surface area contributed by atoms with Crippen molar-refractivity contribution in [3.63, 3.8) is 0 Å². The molecule has 9 heteroatoms. The van der Waals surface area contributed by atoms with Crippen LogP contribution in [0, 0.1) is 17.0 Å². The Bertz CT molecular complexity index is 742. The SMILES string of the molecule is Cc1ccc(C(=O)N(Cc2ccco2)CC(F)(F)F)cc1[N+](=O)[O-]. The molecule has 0 aliphatic rings. The lowest BCUT2D eigenvalue weighted by molar-refractivity contribution is -0.385. The number of amides is 1. The quantitative estimate of drug-likeness (QED) is 0.613. The number of rotatable bonds is 5. The first-order chi connectivity index (χ1) is 11.2. The minimum atomic E-state index is -4.61. The van der Waals surface area contributed by atoms with Gasteiger partial charge in [0.05, 0.1) is 17.7 Å². The number of hydrogen-bond acceptors (Lipinski definition) is 4. The van der Waals surface area contributed by atoms with Crippen LogP contribution in [0.5, 0.6) is 0 Å². The van der Waals surface area contributed by atoms with Crippen molar-refractivity contribution in [3.8, 4) is 0 Å². The van der Waals surface area contributed by atoms with Gasteiger partial charge in [0.1, 0.15) is 12.3 Å². The first-order valence-electron chi connectivity index (χ1n) is 6.81. The largest absolute Gasteiger partial charge is 0.467 e. The van der Waals surface area contributed by atoms with Gasteiger partial charge < -0.3 is 9.32 Å². The van der Waals surface area contributed by atoms with Crippen molar-refractivity contribution < 1.29 is 27.3 Å². The van der Waals surface area contributed by atoms with Crippen LogP contribution >= 0.6 is 0 Å². The predicted octanol–water partition coefficient (Wildman–Crippen LogP) is 3.70. The highest BCUT2D eigenvalue weighted by Crippen LogP contribution is 2.23. The van der Waals surface area contributed by atoms with E-state index in [-0.39, 0.29) is 17.0 Å². The van der Waals surface area contributed by atoms with Gasteiger partial charge in [-0.3, -0.25) is 14.9 Å². The van der Waals surface area contributed by atoms with Crippen LogP contribution in [0.2, 0.25) is 0 Å². The molecule has 0 aliphatic heterocycles. The Morgan fingerprint density at radius 3 is 2.58 bits per heavy atom. The Balaban J connectivity index is 2.33. The van der Waals surface area contributed by atoms with Gasteiger partial charge in [-0.25, -0.2) is 0 Å². The number of nitrogens with zero attached hydrogens (tertiary/aromatic N) is 2. The third-order valence-electron chi connectivity index (χ3n) is 3.24. The molecule has 0 spiro atoms. The van der Waals surface area contributed by atoms with Crippen LogP contribution in [0.15, 0.2) is 41.0 Å². The average molecular weight is 342 g/mol. The van der Waals surface area contributed by atoms with Crippen molar-refractivity contribution in [2.45, 2.75) is 19.6 Å². The number of nitro groups is 1. The van der Waals surface area contributed by atoms with Crippen molar-refractivity contribution in [1.82, 2.24) is 4.90 Å². The van der Waals surface area contributed by atoms with Crippen LogP contribution in [0.1, 0.15) is 21.7 Å². The lowest BCUT2D eigenvalue weighted by atomic mass is 10.1. The monoisotopic (exact) mass is 342 g/mol. The molecule has 1 heterocycles. The van der Waals surface area contributed by atoms with Crippen molar-refractivity contribution in [2.24, 2.45) is 0 Å². The molecule has 128 valence electrons. The van der Waals surface area contributed by atoms with Gasteiger partial charge in [-0.15, -0.1) is 0 Å². The highest BCUT2D eigenvalue weighted by molar-refractivity contribution is 5.95. The molecule has 1 aromatic heterocycles. The summed E-state index contributed by atoms with van der Waals surface area (Å²) in [7, 11) is 0. The van der Waals surface area contributed by atoms with E-state index in [1.54, 1.807) is 0 Å². The van der Waals surface area contributed by atoms with Crippen LogP contribution < -0.4 is 0 Å². The first-order valence-corrected chi connectivity index (χ1v) is 6.81. The molecule has 2 aromatic rings. The molecule has 6 nitrogen and oxygen atoms in total. The molecule has 0 radical (unpaired) electrons. The van der Waals surface area contributed by atoms with E-state index < -0.39 is 30.1 Å². The number of benzene rings is 1. The van der Waals surface area contributed by atoms with Crippen molar-refractivity contribution in [3.05, 3.63) is 63.6 Å². The van der Waals surface area contributed by atoms with E-state index in [4.69, 9.17) is 4.42 Å². The second-order valence-electron chi connectivity index (χ2n) is 5.11. The van der Waals surface area contributed by atoms with Gasteiger partial charge in [0.2, 0.25) is 0 Å². The standard InChI is InChI=1S/C15H13F3N2O4/c1-10-4-5-11(7-13(10)20(22)23)14(21)19(9-15(16,17)18)8-12-3-2-6-24-12/h2-7H,8-9H2,1H3. The van der Waals surface area contributed by atoms with Crippen LogP contribution in [-0.2, 0) is 6.54 Å². The molecule has 0 unspecified atom stereocenters. The molecule has 0 saturated carbocycles. The van der Waals surface area contributed by atoms with Gasteiger partial charge in [-0.05, 0) is 25.1 Å². The Labute approximate surface area is 134 Å². The summed E-state index contributed by atoms with van der Waals surface area (Å²) in [5.41, 5.74) is -0.209. The lowest BCUT2D eigenvalue weighted by Gasteiger charge is -2.23. The molecule has 0 bridgehead atoms. The summed E-state index contributed by atoms with van der Waals surface area (Å²) in [6.07, 6.45) is -3.33. The zero-order valence-corrected chi connectivity index (χ0v) is 12.5. The van der Waals surface area contributed by atoms with Crippen molar-refractivity contribution in [2.75, 3.05) is 6.54 Å². The summed E-state index contributed by atoms with van der Waals surface area (Å²) in [6.45, 7) is -0.413. The van der Waals surface area contributed by atoms with Crippen LogP contribution in [-0.4, -0.2) is 28.5 Å². The van der Waals surface area contributed by atoms with Crippen LogP contribution in [0.25, 0.3) is 0 Å². The fourth-order valence-corrected chi connectivity index (χ4v) is 2.13. The molecule has 1 amide bonds. The number of furan rings is 1. The molecule has 0 aliphatic carbocycles. The summed E-state index contributed by atoms with van der Waals surface area (Å²) in [5.74, 6) is -0.791. The molecule has 0 saturated heterocycles. The fourth-order valence-electron chi connectivity index (χ4n) is 2.13. The number of carbonyl (C=O) groups excluding carboxylic acids is 1. The molecular formula is C15H13F3N2O4.